The minimum absolute atomic E-state index is 0.0110. The van der Waals surface area contributed by atoms with Crippen molar-refractivity contribution in [2.24, 2.45) is 0 Å². The van der Waals surface area contributed by atoms with Crippen LogP contribution >= 0.6 is 0 Å². The molecule has 0 saturated heterocycles. The fraction of sp³-hybridized carbons (Fsp3) is 0.163. The smallest absolute Gasteiger partial charge is 0.164 e. The Morgan fingerprint density at radius 3 is 2.23 bits per heavy atom. The summed E-state index contributed by atoms with van der Waals surface area (Å²) in [5.74, 6) is 3.21. The summed E-state index contributed by atoms with van der Waals surface area (Å²) in [5.41, 5.74) is 15.1. The first-order valence-corrected chi connectivity index (χ1v) is 19.0. The number of fused-ring (bicyclic) bond motifs is 8. The van der Waals surface area contributed by atoms with Crippen molar-refractivity contribution < 1.29 is 4.74 Å². The average molecular weight is 684 g/mol. The summed E-state index contributed by atoms with van der Waals surface area (Å²) in [4.78, 5) is 15.6. The summed E-state index contributed by atoms with van der Waals surface area (Å²) in [7, 11) is 0. The lowest BCUT2D eigenvalue weighted by atomic mass is 9.80. The molecule has 4 heteroatoms. The molecule has 0 radical (unpaired) electrons. The average Bonchev–Trinajstić information content (AvgIpc) is 3.62. The number of ether oxygens (including phenoxy) is 1. The second-order valence-electron chi connectivity index (χ2n) is 14.8. The van der Waals surface area contributed by atoms with Gasteiger partial charge in [-0.1, -0.05) is 115 Å². The molecule has 254 valence electrons. The summed E-state index contributed by atoms with van der Waals surface area (Å²) >= 11 is 0. The van der Waals surface area contributed by atoms with E-state index in [0.717, 1.165) is 61.0 Å². The molecule has 2 unspecified atom stereocenters. The van der Waals surface area contributed by atoms with Crippen molar-refractivity contribution >= 4 is 28.0 Å². The van der Waals surface area contributed by atoms with Crippen LogP contribution in [0.3, 0.4) is 0 Å². The van der Waals surface area contributed by atoms with Gasteiger partial charge in [0.2, 0.25) is 0 Å². The summed E-state index contributed by atoms with van der Waals surface area (Å²) in [5, 5.41) is 2.47. The Kier molecular flexibility index (Phi) is 7.04. The van der Waals surface area contributed by atoms with Crippen molar-refractivity contribution in [1.82, 2.24) is 15.0 Å². The Hall–Kier alpha value is -6.13. The number of rotatable bonds is 4. The van der Waals surface area contributed by atoms with E-state index >= 15 is 0 Å². The SMILES string of the molecule is C1=CC2Oc3ccccc3C2C(c2ccc(-c3nc(-c4ccc5c(c4)C4=C(C=CCC4)CC5)nc(-c4ccc5ccc6c(c5c4)C=CCC6)n3)cc2)=C1. The van der Waals surface area contributed by atoms with Crippen LogP contribution in [-0.2, 0) is 12.8 Å². The van der Waals surface area contributed by atoms with Crippen molar-refractivity contribution in [2.45, 2.75) is 50.5 Å². The van der Waals surface area contributed by atoms with Gasteiger partial charge in [-0.25, -0.2) is 15.0 Å². The maximum atomic E-state index is 6.32. The van der Waals surface area contributed by atoms with Crippen molar-refractivity contribution in [1.29, 1.82) is 0 Å². The number of benzene rings is 5. The Bertz CT molecular complexity index is 2660. The van der Waals surface area contributed by atoms with Gasteiger partial charge in [0, 0.05) is 22.3 Å². The Balaban J connectivity index is 1.03. The topological polar surface area (TPSA) is 47.9 Å². The predicted octanol–water partition coefficient (Wildman–Crippen LogP) is 11.5. The standard InChI is InChI=1S/C49H37N3O/c1-3-10-38-30(8-1)16-18-33-22-26-36(28-42(33)38)48-50-47(51-49(52-48)37-27-23-34-19-17-31-9-2-4-11-39(31)43(34)29-37)35-24-20-32(21-25-35)40-13-7-15-45-46(40)41-12-5-6-14-44(41)53-45/h1,4-8,11-15,17,19-29,45-46H,2-3,9-10,16,18H2. The molecular weight excluding hydrogens is 647 g/mol. The molecule has 11 rings (SSSR count). The van der Waals surface area contributed by atoms with Gasteiger partial charge >= 0.3 is 0 Å². The highest BCUT2D eigenvalue weighted by Gasteiger charge is 2.37. The van der Waals surface area contributed by atoms with Crippen LogP contribution in [0.5, 0.6) is 5.75 Å². The summed E-state index contributed by atoms with van der Waals surface area (Å²) in [6, 6.07) is 35.1. The summed E-state index contributed by atoms with van der Waals surface area (Å²) in [6.45, 7) is 0. The molecule has 0 spiro atoms. The van der Waals surface area contributed by atoms with Crippen LogP contribution in [0.15, 0.2) is 139 Å². The van der Waals surface area contributed by atoms with E-state index in [1.54, 1.807) is 0 Å². The number of nitrogens with zero attached hydrogens (tertiary/aromatic N) is 3. The lowest BCUT2D eigenvalue weighted by molar-refractivity contribution is 0.271. The Labute approximate surface area is 309 Å². The van der Waals surface area contributed by atoms with Crippen LogP contribution in [0.25, 0.3) is 62.2 Å². The van der Waals surface area contributed by atoms with Crippen LogP contribution in [0, 0.1) is 0 Å². The third-order valence-corrected chi connectivity index (χ3v) is 11.8. The van der Waals surface area contributed by atoms with Gasteiger partial charge in [-0.15, -0.1) is 0 Å². The first-order valence-electron chi connectivity index (χ1n) is 19.0. The maximum Gasteiger partial charge on any atom is 0.164 e. The molecule has 0 N–H and O–H groups in total. The zero-order chi connectivity index (χ0) is 34.9. The van der Waals surface area contributed by atoms with Crippen LogP contribution in [0.1, 0.15) is 65.0 Å². The lowest BCUT2D eigenvalue weighted by Crippen LogP contribution is -2.19. The third-order valence-electron chi connectivity index (χ3n) is 11.8. The van der Waals surface area contributed by atoms with Crippen molar-refractivity contribution in [2.75, 3.05) is 0 Å². The lowest BCUT2D eigenvalue weighted by Gasteiger charge is -2.25. The van der Waals surface area contributed by atoms with Gasteiger partial charge < -0.3 is 4.74 Å². The summed E-state index contributed by atoms with van der Waals surface area (Å²) in [6.07, 6.45) is 22.3. The van der Waals surface area contributed by atoms with Gasteiger partial charge in [-0.05, 0) is 118 Å². The second-order valence-corrected chi connectivity index (χ2v) is 14.8. The number of aromatic nitrogens is 3. The molecule has 0 amide bonds. The van der Waals surface area contributed by atoms with E-state index in [0.29, 0.717) is 17.5 Å². The first-order chi connectivity index (χ1) is 26.2. The van der Waals surface area contributed by atoms with E-state index in [2.05, 4.69) is 134 Å². The second kappa shape index (κ2) is 12.2. The highest BCUT2D eigenvalue weighted by Crippen LogP contribution is 2.48. The largest absolute Gasteiger partial charge is 0.485 e. The fourth-order valence-corrected chi connectivity index (χ4v) is 9.08. The minimum Gasteiger partial charge on any atom is -0.485 e. The van der Waals surface area contributed by atoms with E-state index in [1.165, 1.54) is 60.9 Å². The highest BCUT2D eigenvalue weighted by atomic mass is 16.5. The van der Waals surface area contributed by atoms with E-state index in [1.807, 2.05) is 6.07 Å². The molecule has 4 nitrogen and oxygen atoms in total. The Morgan fingerprint density at radius 2 is 1.32 bits per heavy atom. The fourth-order valence-electron chi connectivity index (χ4n) is 9.08. The summed E-state index contributed by atoms with van der Waals surface area (Å²) < 4.78 is 6.32. The normalized spacial score (nSPS) is 19.2. The molecule has 0 fully saturated rings. The molecule has 1 aliphatic heterocycles. The molecule has 1 aromatic heterocycles. The van der Waals surface area contributed by atoms with Crippen molar-refractivity contribution in [3.63, 3.8) is 0 Å². The van der Waals surface area contributed by atoms with E-state index in [-0.39, 0.29) is 12.0 Å². The van der Waals surface area contributed by atoms with E-state index < -0.39 is 0 Å². The molecule has 5 aliphatic rings. The van der Waals surface area contributed by atoms with E-state index in [4.69, 9.17) is 19.7 Å². The minimum atomic E-state index is 0.0110. The van der Waals surface area contributed by atoms with E-state index in [9.17, 15) is 0 Å². The molecule has 53 heavy (non-hydrogen) atoms. The highest BCUT2D eigenvalue weighted by molar-refractivity contribution is 5.95. The Morgan fingerprint density at radius 1 is 0.604 bits per heavy atom. The molecule has 0 saturated carbocycles. The third kappa shape index (κ3) is 5.15. The molecular formula is C49H37N3O. The zero-order valence-corrected chi connectivity index (χ0v) is 29.4. The monoisotopic (exact) mass is 683 g/mol. The maximum absolute atomic E-state index is 6.32. The van der Waals surface area contributed by atoms with Crippen LogP contribution < -0.4 is 4.74 Å². The van der Waals surface area contributed by atoms with Gasteiger partial charge in [0.1, 0.15) is 11.9 Å². The van der Waals surface area contributed by atoms with Crippen LogP contribution in [0.4, 0.5) is 0 Å². The number of hydrogen-bond acceptors (Lipinski definition) is 4. The van der Waals surface area contributed by atoms with Gasteiger partial charge in [0.25, 0.3) is 0 Å². The number of para-hydroxylation sites is 1. The van der Waals surface area contributed by atoms with Gasteiger partial charge in [0.15, 0.2) is 17.5 Å². The predicted molar refractivity (Wildman–Crippen MR) is 215 cm³/mol. The van der Waals surface area contributed by atoms with Gasteiger partial charge in [-0.2, -0.15) is 0 Å². The van der Waals surface area contributed by atoms with Crippen LogP contribution in [-0.4, -0.2) is 21.1 Å². The number of aryl methyl sites for hydroxylation is 2. The van der Waals surface area contributed by atoms with Gasteiger partial charge in [0.05, 0.1) is 5.92 Å². The first kappa shape index (κ1) is 30.5. The van der Waals surface area contributed by atoms with Crippen molar-refractivity contribution in [3.8, 4) is 39.9 Å². The number of allylic oxidation sites excluding steroid dienone is 7. The molecule has 4 aliphatic carbocycles. The quantitative estimate of drug-likeness (QED) is 0.186. The molecule has 0 bridgehead atoms. The molecule has 2 atom stereocenters. The molecule has 6 aromatic rings. The van der Waals surface area contributed by atoms with Crippen molar-refractivity contribution in [3.05, 3.63) is 172 Å². The molecule has 2 heterocycles. The van der Waals surface area contributed by atoms with Crippen LogP contribution in [0.2, 0.25) is 0 Å². The zero-order valence-electron chi connectivity index (χ0n) is 29.4. The van der Waals surface area contributed by atoms with Gasteiger partial charge in [-0.3, -0.25) is 0 Å². The number of hydrogen-bond donors (Lipinski definition) is 0. The molecule has 5 aromatic carbocycles.